The van der Waals surface area contributed by atoms with E-state index in [-0.39, 0.29) is 12.1 Å². The van der Waals surface area contributed by atoms with Crippen LogP contribution in [0.3, 0.4) is 0 Å². The number of thiazole rings is 1. The van der Waals surface area contributed by atoms with Crippen LogP contribution in [-0.2, 0) is 20.1 Å². The summed E-state index contributed by atoms with van der Waals surface area (Å²) in [6.45, 7) is 7.24. The van der Waals surface area contributed by atoms with Gasteiger partial charge in [-0.1, -0.05) is 19.4 Å². The van der Waals surface area contributed by atoms with Gasteiger partial charge in [-0.3, -0.25) is 4.68 Å². The first-order valence-electron chi connectivity index (χ1n) is 9.51. The quantitative estimate of drug-likeness (QED) is 0.728. The molecule has 7 nitrogen and oxygen atoms in total. The van der Waals surface area contributed by atoms with Crippen molar-refractivity contribution in [2.75, 3.05) is 0 Å². The van der Waals surface area contributed by atoms with Gasteiger partial charge in [0, 0.05) is 30.7 Å². The number of urea groups is 1. The Kier molecular flexibility index (Phi) is 6.18. The summed E-state index contributed by atoms with van der Waals surface area (Å²) in [6, 6.07) is -0.294. The zero-order chi connectivity index (χ0) is 20.3. The van der Waals surface area contributed by atoms with Crippen LogP contribution in [0, 0.1) is 6.92 Å². The van der Waals surface area contributed by atoms with E-state index in [0.717, 1.165) is 39.6 Å². The topological polar surface area (TPSA) is 89.1 Å². The van der Waals surface area contributed by atoms with Crippen molar-refractivity contribution in [3.05, 3.63) is 51.4 Å². The lowest BCUT2D eigenvalue weighted by atomic mass is 10.1. The summed E-state index contributed by atoms with van der Waals surface area (Å²) in [5.41, 5.74) is 10.2. The maximum Gasteiger partial charge on any atom is 0.318 e. The Morgan fingerprint density at radius 1 is 1.43 bits per heavy atom. The summed E-state index contributed by atoms with van der Waals surface area (Å²) < 4.78 is 1.79. The average molecular weight is 401 g/mol. The largest absolute Gasteiger partial charge is 0.400 e. The summed E-state index contributed by atoms with van der Waals surface area (Å²) in [5, 5.41) is 8.53. The molecule has 8 heteroatoms. The molecule has 3 heterocycles. The number of amides is 2. The van der Waals surface area contributed by atoms with Crippen LogP contribution in [0.15, 0.2) is 30.2 Å². The average Bonchev–Trinajstić information content (AvgIpc) is 3.33. The molecule has 0 spiro atoms. The number of allylic oxidation sites excluding steroid dienone is 3. The van der Waals surface area contributed by atoms with Gasteiger partial charge in [0.2, 0.25) is 0 Å². The molecule has 28 heavy (non-hydrogen) atoms. The molecular formula is C20H28N6OS. The predicted octanol–water partition coefficient (Wildman–Crippen LogP) is 3.33. The van der Waals surface area contributed by atoms with E-state index in [0.29, 0.717) is 18.8 Å². The molecule has 0 aromatic carbocycles. The van der Waals surface area contributed by atoms with Crippen molar-refractivity contribution < 1.29 is 4.79 Å². The lowest BCUT2D eigenvalue weighted by molar-refractivity contribution is 0.194. The number of aryl methyl sites for hydroxylation is 2. The molecule has 0 fully saturated rings. The zero-order valence-corrected chi connectivity index (χ0v) is 17.7. The van der Waals surface area contributed by atoms with E-state index in [1.165, 1.54) is 0 Å². The normalized spacial score (nSPS) is 15.6. The number of carbonyl (C=O) groups excluding carboxylic acids is 1. The summed E-state index contributed by atoms with van der Waals surface area (Å²) >= 11 is 1.66. The third-order valence-electron chi connectivity index (χ3n) is 4.79. The maximum atomic E-state index is 12.7. The van der Waals surface area contributed by atoms with Gasteiger partial charge < -0.3 is 16.0 Å². The van der Waals surface area contributed by atoms with Gasteiger partial charge >= 0.3 is 6.03 Å². The standard InChI is InChI=1S/C20H28N6OS/c1-5-6-17(16(21)8-7-13(2)19-9-22-14(3)28-19)23-20(27)26-11-15-10-25(4)24-18(15)12-26/h7-10,17H,5-6,11-12,21H2,1-4H3,(H,23,27)/b13-7+,16-8+. The van der Waals surface area contributed by atoms with Gasteiger partial charge in [-0.25, -0.2) is 9.78 Å². The van der Waals surface area contributed by atoms with Gasteiger partial charge in [0.1, 0.15) is 0 Å². The molecule has 0 radical (unpaired) electrons. The smallest absolute Gasteiger partial charge is 0.318 e. The van der Waals surface area contributed by atoms with Crippen LogP contribution in [0.1, 0.15) is 47.8 Å². The zero-order valence-electron chi connectivity index (χ0n) is 16.9. The first-order valence-corrected chi connectivity index (χ1v) is 10.3. The number of hydrogen-bond acceptors (Lipinski definition) is 5. The third kappa shape index (κ3) is 4.62. The van der Waals surface area contributed by atoms with Crippen molar-refractivity contribution in [1.82, 2.24) is 25.0 Å². The first kappa shape index (κ1) is 20.1. The Morgan fingerprint density at radius 3 is 2.86 bits per heavy atom. The monoisotopic (exact) mass is 400 g/mol. The van der Waals surface area contributed by atoms with Gasteiger partial charge in [-0.05, 0) is 31.9 Å². The second kappa shape index (κ2) is 8.60. The molecule has 1 unspecified atom stereocenters. The van der Waals surface area contributed by atoms with Crippen molar-refractivity contribution in [3.63, 3.8) is 0 Å². The Balaban J connectivity index is 1.65. The number of carbonyl (C=O) groups is 1. The number of aromatic nitrogens is 3. The van der Waals surface area contributed by atoms with E-state index in [9.17, 15) is 4.79 Å². The number of hydrogen-bond donors (Lipinski definition) is 2. The molecule has 2 aromatic heterocycles. The summed E-state index contributed by atoms with van der Waals surface area (Å²) in [7, 11) is 1.90. The number of rotatable bonds is 6. The Hall–Kier alpha value is -2.61. The summed E-state index contributed by atoms with van der Waals surface area (Å²) in [4.78, 5) is 19.9. The van der Waals surface area contributed by atoms with Gasteiger partial charge in [0.15, 0.2) is 0 Å². The Morgan fingerprint density at radius 2 is 2.21 bits per heavy atom. The third-order valence-corrected chi connectivity index (χ3v) is 5.84. The molecule has 1 aliphatic heterocycles. The Labute approximate surface area is 169 Å². The van der Waals surface area contributed by atoms with Crippen LogP contribution < -0.4 is 11.1 Å². The first-order chi connectivity index (χ1) is 13.4. The SMILES string of the molecule is CCCC(NC(=O)N1Cc2cn(C)nc2C1)/C(N)=C\C=C(/C)c1cnc(C)s1. The molecular weight excluding hydrogens is 372 g/mol. The maximum absolute atomic E-state index is 12.7. The molecule has 3 N–H and O–H groups in total. The van der Waals surface area contributed by atoms with Gasteiger partial charge in [-0.15, -0.1) is 11.3 Å². The van der Waals surface area contributed by atoms with Crippen molar-refractivity contribution in [2.24, 2.45) is 12.8 Å². The minimum atomic E-state index is -0.191. The number of nitrogens with zero attached hydrogens (tertiary/aromatic N) is 4. The van der Waals surface area contributed by atoms with Crippen molar-refractivity contribution in [3.8, 4) is 0 Å². The van der Waals surface area contributed by atoms with E-state index in [1.54, 1.807) is 20.9 Å². The summed E-state index contributed by atoms with van der Waals surface area (Å²) in [5.74, 6) is 0. The van der Waals surface area contributed by atoms with Crippen LogP contribution in [0.5, 0.6) is 0 Å². The fourth-order valence-corrected chi connectivity index (χ4v) is 4.01. The highest BCUT2D eigenvalue weighted by molar-refractivity contribution is 7.12. The van der Waals surface area contributed by atoms with Crippen molar-refractivity contribution >= 4 is 22.9 Å². The van der Waals surface area contributed by atoms with Crippen molar-refractivity contribution in [1.29, 1.82) is 0 Å². The second-order valence-corrected chi connectivity index (χ2v) is 8.42. The molecule has 0 aliphatic carbocycles. The highest BCUT2D eigenvalue weighted by Gasteiger charge is 2.27. The Bertz CT molecular complexity index is 886. The predicted molar refractivity (Wildman–Crippen MR) is 112 cm³/mol. The van der Waals surface area contributed by atoms with Gasteiger partial charge in [0.25, 0.3) is 0 Å². The van der Waals surface area contributed by atoms with Crippen molar-refractivity contribution in [2.45, 2.75) is 52.7 Å². The lowest BCUT2D eigenvalue weighted by Crippen LogP contribution is -2.44. The van der Waals surface area contributed by atoms with E-state index in [4.69, 9.17) is 5.73 Å². The number of nitrogens with two attached hydrogens (primary N) is 1. The highest BCUT2D eigenvalue weighted by atomic mass is 32.1. The molecule has 2 aromatic rings. The summed E-state index contributed by atoms with van der Waals surface area (Å²) in [6.07, 6.45) is 9.45. The van der Waals surface area contributed by atoms with E-state index in [2.05, 4.69) is 22.3 Å². The molecule has 150 valence electrons. The molecule has 1 atom stereocenters. The number of fused-ring (bicyclic) bond motifs is 1. The van der Waals surface area contributed by atoms with Crippen LogP contribution in [0.4, 0.5) is 4.79 Å². The molecule has 2 amide bonds. The van der Waals surface area contributed by atoms with E-state index < -0.39 is 0 Å². The molecule has 1 aliphatic rings. The second-order valence-electron chi connectivity index (χ2n) is 7.18. The van der Waals surface area contributed by atoms with Crippen LogP contribution in [0.25, 0.3) is 5.57 Å². The van der Waals surface area contributed by atoms with Crippen LogP contribution >= 0.6 is 11.3 Å². The minimum absolute atomic E-state index is 0.103. The van der Waals surface area contributed by atoms with Gasteiger partial charge in [0.05, 0.1) is 34.7 Å². The fraction of sp³-hybridized carbons (Fsp3) is 0.450. The molecule has 3 rings (SSSR count). The van der Waals surface area contributed by atoms with E-state index in [1.807, 2.05) is 45.4 Å². The highest BCUT2D eigenvalue weighted by Crippen LogP contribution is 2.22. The number of nitrogens with one attached hydrogen (secondary N) is 1. The fourth-order valence-electron chi connectivity index (χ4n) is 3.25. The lowest BCUT2D eigenvalue weighted by Gasteiger charge is -2.23. The minimum Gasteiger partial charge on any atom is -0.400 e. The molecule has 0 saturated heterocycles. The van der Waals surface area contributed by atoms with Crippen LogP contribution in [0.2, 0.25) is 0 Å². The van der Waals surface area contributed by atoms with Gasteiger partial charge in [-0.2, -0.15) is 5.10 Å². The van der Waals surface area contributed by atoms with E-state index >= 15 is 0 Å². The van der Waals surface area contributed by atoms with Crippen LogP contribution in [-0.4, -0.2) is 31.7 Å². The molecule has 0 saturated carbocycles. The molecule has 0 bridgehead atoms.